The van der Waals surface area contributed by atoms with Gasteiger partial charge in [-0.15, -0.1) is 0 Å². The van der Waals surface area contributed by atoms with Crippen molar-refractivity contribution in [1.29, 1.82) is 0 Å². The average Bonchev–Trinajstić information content (AvgIpc) is 2.15. The molecule has 0 heterocycles. The molecule has 0 aromatic heterocycles. The Morgan fingerprint density at radius 2 is 2.13 bits per heavy atom. The summed E-state index contributed by atoms with van der Waals surface area (Å²) in [7, 11) is 1.65. The lowest BCUT2D eigenvalue weighted by molar-refractivity contribution is -0.114. The maximum absolute atomic E-state index is 12.8. The summed E-state index contributed by atoms with van der Waals surface area (Å²) < 4.78 is 13.5. The third kappa shape index (κ3) is 2.77. The second kappa shape index (κ2) is 4.74. The third-order valence-corrected chi connectivity index (χ3v) is 2.80. The van der Waals surface area contributed by atoms with Crippen molar-refractivity contribution in [2.75, 3.05) is 11.9 Å². The van der Waals surface area contributed by atoms with E-state index in [1.807, 2.05) is 22.6 Å². The lowest BCUT2D eigenvalue weighted by atomic mass is 10.2. The molecule has 0 spiro atoms. The van der Waals surface area contributed by atoms with Gasteiger partial charge in [0.1, 0.15) is 5.82 Å². The average molecular weight is 319 g/mol. The van der Waals surface area contributed by atoms with Crippen molar-refractivity contribution in [3.63, 3.8) is 0 Å². The Morgan fingerprint density at radius 3 is 2.60 bits per heavy atom. The maximum Gasteiger partial charge on any atom is 0.253 e. The molecule has 0 saturated carbocycles. The van der Waals surface area contributed by atoms with Crippen LogP contribution in [0.4, 0.5) is 10.1 Å². The first-order chi connectivity index (χ1) is 6.93. The number of rotatable bonds is 2. The second-order valence-electron chi connectivity index (χ2n) is 3.24. The molecule has 15 heavy (non-hydrogen) atoms. The summed E-state index contributed by atoms with van der Waals surface area (Å²) in [6.07, 6.45) is 0. The molecule has 0 bridgehead atoms. The highest BCUT2D eigenvalue weighted by Crippen LogP contribution is 2.23. The van der Waals surface area contributed by atoms with Crippen LogP contribution >= 0.6 is 22.6 Å². The molecule has 0 unspecified atom stereocenters. The van der Waals surface area contributed by atoms with E-state index < -0.39 is 0 Å². The van der Waals surface area contributed by atoms with E-state index in [1.165, 1.54) is 17.0 Å². The SMILES string of the molecule is C=C(C)C(=O)N(C)c1ccc(F)cc1I. The molecule has 1 aromatic rings. The molecule has 2 nitrogen and oxygen atoms in total. The molecular formula is C11H11FINO. The standard InChI is InChI=1S/C11H11FINO/c1-7(2)11(15)14(3)10-5-4-8(12)6-9(10)13/h4-6H,1H2,2-3H3. The van der Waals surface area contributed by atoms with E-state index in [0.717, 1.165) is 0 Å². The van der Waals surface area contributed by atoms with Crippen LogP contribution in [0, 0.1) is 9.39 Å². The zero-order valence-electron chi connectivity index (χ0n) is 8.55. The fraction of sp³-hybridized carbons (Fsp3) is 0.182. The van der Waals surface area contributed by atoms with Crippen molar-refractivity contribution in [2.24, 2.45) is 0 Å². The molecule has 4 heteroatoms. The predicted octanol–water partition coefficient (Wildman–Crippen LogP) is 2.97. The van der Waals surface area contributed by atoms with E-state index in [4.69, 9.17) is 0 Å². The summed E-state index contributed by atoms with van der Waals surface area (Å²) in [6, 6.07) is 4.30. The normalized spacial score (nSPS) is 9.87. The highest BCUT2D eigenvalue weighted by Gasteiger charge is 2.14. The molecule has 1 aromatic carbocycles. The zero-order valence-corrected chi connectivity index (χ0v) is 10.7. The van der Waals surface area contributed by atoms with Crippen molar-refractivity contribution in [1.82, 2.24) is 0 Å². The largest absolute Gasteiger partial charge is 0.311 e. The molecule has 0 radical (unpaired) electrons. The van der Waals surface area contributed by atoms with Crippen LogP contribution in [0.25, 0.3) is 0 Å². The monoisotopic (exact) mass is 319 g/mol. The summed E-state index contributed by atoms with van der Waals surface area (Å²) in [5.74, 6) is -0.473. The molecule has 80 valence electrons. The minimum absolute atomic E-state index is 0.167. The summed E-state index contributed by atoms with van der Waals surface area (Å²) in [4.78, 5) is 13.1. The van der Waals surface area contributed by atoms with Gasteiger partial charge in [0.05, 0.1) is 5.69 Å². The summed E-state index contributed by atoms with van der Waals surface area (Å²) >= 11 is 1.99. The molecule has 0 saturated heterocycles. The first kappa shape index (κ1) is 12.2. The van der Waals surface area contributed by atoms with Gasteiger partial charge in [0.2, 0.25) is 0 Å². The van der Waals surface area contributed by atoms with E-state index in [0.29, 0.717) is 14.8 Å². The Bertz CT molecular complexity index is 417. The van der Waals surface area contributed by atoms with Gasteiger partial charge < -0.3 is 4.90 Å². The first-order valence-electron chi connectivity index (χ1n) is 4.32. The summed E-state index contributed by atoms with van der Waals surface area (Å²) in [5.41, 5.74) is 1.14. The molecule has 0 aliphatic heterocycles. The van der Waals surface area contributed by atoms with E-state index in [-0.39, 0.29) is 11.7 Å². The Morgan fingerprint density at radius 1 is 1.53 bits per heavy atom. The van der Waals surface area contributed by atoms with Crippen molar-refractivity contribution in [2.45, 2.75) is 6.92 Å². The highest BCUT2D eigenvalue weighted by atomic mass is 127. The molecule has 0 aliphatic rings. The number of carbonyl (C=O) groups excluding carboxylic acids is 1. The van der Waals surface area contributed by atoms with Crippen molar-refractivity contribution in [3.05, 3.63) is 39.7 Å². The molecule has 1 rings (SSSR count). The van der Waals surface area contributed by atoms with Crippen LogP contribution in [-0.2, 0) is 4.79 Å². The van der Waals surface area contributed by atoms with Crippen molar-refractivity contribution >= 4 is 34.2 Å². The Labute approximate surface area is 102 Å². The van der Waals surface area contributed by atoms with Gasteiger partial charge in [-0.3, -0.25) is 4.79 Å². The second-order valence-corrected chi connectivity index (χ2v) is 4.40. The van der Waals surface area contributed by atoms with Crippen LogP contribution < -0.4 is 4.90 Å². The predicted molar refractivity (Wildman–Crippen MR) is 67.3 cm³/mol. The van der Waals surface area contributed by atoms with Crippen LogP contribution in [0.2, 0.25) is 0 Å². The zero-order chi connectivity index (χ0) is 11.6. The molecule has 0 aliphatic carbocycles. The minimum atomic E-state index is -0.306. The van der Waals surface area contributed by atoms with Crippen LogP contribution in [-0.4, -0.2) is 13.0 Å². The van der Waals surface area contributed by atoms with Crippen LogP contribution in [0.3, 0.4) is 0 Å². The summed E-state index contributed by atoms with van der Waals surface area (Å²) in [5, 5.41) is 0. The number of halogens is 2. The smallest absolute Gasteiger partial charge is 0.253 e. The van der Waals surface area contributed by atoms with Gasteiger partial charge in [0.15, 0.2) is 0 Å². The van der Waals surface area contributed by atoms with Crippen molar-refractivity contribution < 1.29 is 9.18 Å². The van der Waals surface area contributed by atoms with E-state index in [2.05, 4.69) is 6.58 Å². The fourth-order valence-electron chi connectivity index (χ4n) is 1.15. The maximum atomic E-state index is 12.8. The van der Waals surface area contributed by atoms with Crippen LogP contribution in [0.5, 0.6) is 0 Å². The molecule has 1 amide bonds. The van der Waals surface area contributed by atoms with E-state index in [1.54, 1.807) is 20.0 Å². The number of amides is 1. The topological polar surface area (TPSA) is 20.3 Å². The Kier molecular flexibility index (Phi) is 3.84. The highest BCUT2D eigenvalue weighted by molar-refractivity contribution is 14.1. The van der Waals surface area contributed by atoms with Gasteiger partial charge in [-0.2, -0.15) is 0 Å². The van der Waals surface area contributed by atoms with Gasteiger partial charge in [-0.05, 0) is 47.7 Å². The number of likely N-dealkylation sites (N-methyl/N-ethyl adjacent to an activating group) is 1. The lowest BCUT2D eigenvalue weighted by Gasteiger charge is -2.18. The number of hydrogen-bond acceptors (Lipinski definition) is 1. The van der Waals surface area contributed by atoms with Gasteiger partial charge in [-0.25, -0.2) is 4.39 Å². The van der Waals surface area contributed by atoms with Crippen LogP contribution in [0.15, 0.2) is 30.4 Å². The third-order valence-electron chi connectivity index (χ3n) is 1.94. The molecule has 0 fully saturated rings. The number of anilines is 1. The first-order valence-corrected chi connectivity index (χ1v) is 5.40. The number of hydrogen-bond donors (Lipinski definition) is 0. The van der Waals surface area contributed by atoms with Gasteiger partial charge >= 0.3 is 0 Å². The lowest BCUT2D eigenvalue weighted by Crippen LogP contribution is -2.27. The van der Waals surface area contributed by atoms with Crippen LogP contribution in [0.1, 0.15) is 6.92 Å². The summed E-state index contributed by atoms with van der Waals surface area (Å²) in [6.45, 7) is 5.23. The number of nitrogens with zero attached hydrogens (tertiary/aromatic N) is 1. The fourth-order valence-corrected chi connectivity index (χ4v) is 1.99. The number of carbonyl (C=O) groups is 1. The molecular weight excluding hydrogens is 308 g/mol. The Hall–Kier alpha value is -0.910. The Balaban J connectivity index is 3.06. The van der Waals surface area contributed by atoms with Gasteiger partial charge in [0, 0.05) is 16.2 Å². The van der Waals surface area contributed by atoms with Crippen molar-refractivity contribution in [3.8, 4) is 0 Å². The number of benzene rings is 1. The molecule has 0 N–H and O–H groups in total. The quantitative estimate of drug-likeness (QED) is 0.606. The van der Waals surface area contributed by atoms with Gasteiger partial charge in [0.25, 0.3) is 5.91 Å². The minimum Gasteiger partial charge on any atom is -0.311 e. The molecule has 0 atom stereocenters. The van der Waals surface area contributed by atoms with Gasteiger partial charge in [-0.1, -0.05) is 6.58 Å². The van der Waals surface area contributed by atoms with E-state index in [9.17, 15) is 9.18 Å². The van der Waals surface area contributed by atoms with E-state index >= 15 is 0 Å².